The van der Waals surface area contributed by atoms with E-state index in [9.17, 15) is 21.6 Å². The molecule has 23 heavy (non-hydrogen) atoms. The van der Waals surface area contributed by atoms with Gasteiger partial charge >= 0.3 is 6.18 Å². The molecule has 1 aliphatic rings. The molecule has 12 heteroatoms. The molecule has 0 atom stereocenters. The minimum absolute atomic E-state index is 0.282. The molecule has 1 fully saturated rings. The fourth-order valence-electron chi connectivity index (χ4n) is 2.11. The number of sulfone groups is 1. The summed E-state index contributed by atoms with van der Waals surface area (Å²) in [5.74, 6) is -0.944. The molecule has 0 amide bonds. The lowest BCUT2D eigenvalue weighted by atomic mass is 10.3. The second kappa shape index (κ2) is 5.51. The number of hydrogen-bond donors (Lipinski definition) is 0. The Morgan fingerprint density at radius 3 is 2.52 bits per heavy atom. The third-order valence-corrected chi connectivity index (χ3v) is 5.97. The molecule has 2 heterocycles. The maximum absolute atomic E-state index is 12.9. The summed E-state index contributed by atoms with van der Waals surface area (Å²) in [6.07, 6.45) is -2.70. The molecule has 0 N–H and O–H groups in total. The molecule has 126 valence electrons. The van der Waals surface area contributed by atoms with Gasteiger partial charge in [-0.2, -0.15) is 13.2 Å². The molecule has 3 rings (SSSR count). The van der Waals surface area contributed by atoms with Crippen LogP contribution in [0.2, 0.25) is 0 Å². The SMILES string of the molecule is Cn1nnc(CS(=O)(=O)Cc2nnc(C3CC3)s2)c1C(F)(F)F. The molecular weight excluding hydrogens is 355 g/mol. The fraction of sp³-hybridized carbons (Fsp3) is 0.636. The lowest BCUT2D eigenvalue weighted by Crippen LogP contribution is -2.17. The zero-order valence-corrected chi connectivity index (χ0v) is 13.5. The van der Waals surface area contributed by atoms with Gasteiger partial charge in [-0.1, -0.05) is 5.21 Å². The molecule has 0 saturated heterocycles. The molecule has 0 bridgehead atoms. The lowest BCUT2D eigenvalue weighted by molar-refractivity contribution is -0.144. The average molecular weight is 367 g/mol. The summed E-state index contributed by atoms with van der Waals surface area (Å²) in [4.78, 5) is 0. The summed E-state index contributed by atoms with van der Waals surface area (Å²) >= 11 is 1.19. The van der Waals surface area contributed by atoms with Gasteiger partial charge in [0.1, 0.15) is 21.5 Å². The van der Waals surface area contributed by atoms with Gasteiger partial charge in [-0.05, 0) is 12.8 Å². The van der Waals surface area contributed by atoms with Crippen LogP contribution in [0.25, 0.3) is 0 Å². The summed E-state index contributed by atoms with van der Waals surface area (Å²) in [6.45, 7) is 0. The van der Waals surface area contributed by atoms with Crippen molar-refractivity contribution in [2.75, 3.05) is 0 Å². The van der Waals surface area contributed by atoms with E-state index >= 15 is 0 Å². The van der Waals surface area contributed by atoms with Crippen molar-refractivity contribution in [3.63, 3.8) is 0 Å². The molecule has 1 aliphatic carbocycles. The smallest absolute Gasteiger partial charge is 0.243 e. The first kappa shape index (κ1) is 16.3. The van der Waals surface area contributed by atoms with E-state index in [1.165, 1.54) is 11.3 Å². The Labute approximate surface area is 133 Å². The zero-order valence-electron chi connectivity index (χ0n) is 11.9. The predicted molar refractivity (Wildman–Crippen MR) is 74.2 cm³/mol. The number of nitrogens with zero attached hydrogens (tertiary/aromatic N) is 5. The second-order valence-electron chi connectivity index (χ2n) is 5.35. The van der Waals surface area contributed by atoms with Crippen LogP contribution in [0.5, 0.6) is 0 Å². The van der Waals surface area contributed by atoms with Gasteiger partial charge in [0.25, 0.3) is 0 Å². The molecule has 7 nitrogen and oxygen atoms in total. The normalized spacial score (nSPS) is 16.0. The summed E-state index contributed by atoms with van der Waals surface area (Å²) < 4.78 is 63.6. The lowest BCUT2D eigenvalue weighted by Gasteiger charge is -2.08. The molecule has 0 aliphatic heterocycles. The first-order chi connectivity index (χ1) is 10.7. The molecule has 2 aromatic heterocycles. The van der Waals surface area contributed by atoms with Gasteiger partial charge in [0.2, 0.25) is 0 Å². The van der Waals surface area contributed by atoms with Crippen LogP contribution in [0.15, 0.2) is 0 Å². The Bertz CT molecular complexity index is 823. The number of alkyl halides is 3. The minimum atomic E-state index is -4.72. The van der Waals surface area contributed by atoms with E-state index in [2.05, 4.69) is 20.5 Å². The Balaban J connectivity index is 1.78. The van der Waals surface area contributed by atoms with Crippen molar-refractivity contribution in [3.8, 4) is 0 Å². The van der Waals surface area contributed by atoms with E-state index in [1.54, 1.807) is 0 Å². The van der Waals surface area contributed by atoms with E-state index in [4.69, 9.17) is 0 Å². The Hall–Kier alpha value is -1.56. The van der Waals surface area contributed by atoms with Crippen molar-refractivity contribution in [2.45, 2.75) is 36.4 Å². The van der Waals surface area contributed by atoms with Gasteiger partial charge in [-0.3, -0.25) is 0 Å². The van der Waals surface area contributed by atoms with Crippen LogP contribution in [0.4, 0.5) is 13.2 Å². The van der Waals surface area contributed by atoms with E-state index in [-0.39, 0.29) is 5.01 Å². The number of rotatable bonds is 5. The van der Waals surface area contributed by atoms with E-state index in [0.717, 1.165) is 24.9 Å². The number of hydrogen-bond acceptors (Lipinski definition) is 7. The number of halogens is 3. The quantitative estimate of drug-likeness (QED) is 0.799. The third-order valence-electron chi connectivity index (χ3n) is 3.27. The van der Waals surface area contributed by atoms with Gasteiger partial charge < -0.3 is 0 Å². The summed E-state index contributed by atoms with van der Waals surface area (Å²) in [5, 5.41) is 15.4. The summed E-state index contributed by atoms with van der Waals surface area (Å²) in [5.41, 5.74) is -1.76. The van der Waals surface area contributed by atoms with Gasteiger partial charge in [-0.25, -0.2) is 13.1 Å². The van der Waals surface area contributed by atoms with Crippen LogP contribution in [-0.4, -0.2) is 33.6 Å². The van der Waals surface area contributed by atoms with E-state index < -0.39 is 38.9 Å². The largest absolute Gasteiger partial charge is 0.434 e. The zero-order chi connectivity index (χ0) is 16.8. The van der Waals surface area contributed by atoms with E-state index in [1.807, 2.05) is 0 Å². The van der Waals surface area contributed by atoms with Crippen molar-refractivity contribution in [3.05, 3.63) is 21.4 Å². The van der Waals surface area contributed by atoms with Crippen molar-refractivity contribution in [2.24, 2.45) is 7.05 Å². The van der Waals surface area contributed by atoms with Crippen LogP contribution < -0.4 is 0 Å². The number of aryl methyl sites for hydroxylation is 1. The van der Waals surface area contributed by atoms with Gasteiger partial charge in [0.05, 0.1) is 5.75 Å². The monoisotopic (exact) mass is 367 g/mol. The van der Waals surface area contributed by atoms with Crippen LogP contribution in [0, 0.1) is 0 Å². The van der Waals surface area contributed by atoms with Gasteiger partial charge in [-0.15, -0.1) is 26.6 Å². The van der Waals surface area contributed by atoms with Gasteiger partial charge in [0.15, 0.2) is 15.5 Å². The maximum atomic E-state index is 12.9. The molecule has 0 spiro atoms. The van der Waals surface area contributed by atoms with Gasteiger partial charge in [0, 0.05) is 13.0 Å². The topological polar surface area (TPSA) is 90.6 Å². The first-order valence-corrected chi connectivity index (χ1v) is 9.28. The Morgan fingerprint density at radius 1 is 1.22 bits per heavy atom. The minimum Gasteiger partial charge on any atom is -0.243 e. The maximum Gasteiger partial charge on any atom is 0.434 e. The summed E-state index contributed by atoms with van der Waals surface area (Å²) in [7, 11) is -2.79. The molecule has 2 aromatic rings. The highest BCUT2D eigenvalue weighted by Crippen LogP contribution is 2.41. The third kappa shape index (κ3) is 3.68. The highest BCUT2D eigenvalue weighted by molar-refractivity contribution is 7.89. The second-order valence-corrected chi connectivity index (χ2v) is 8.50. The Kier molecular flexibility index (Phi) is 3.91. The first-order valence-electron chi connectivity index (χ1n) is 6.64. The van der Waals surface area contributed by atoms with Crippen LogP contribution in [-0.2, 0) is 34.6 Å². The van der Waals surface area contributed by atoms with Crippen molar-refractivity contribution >= 4 is 21.2 Å². The highest BCUT2D eigenvalue weighted by atomic mass is 32.2. The molecule has 0 aromatic carbocycles. The molecule has 0 unspecified atom stereocenters. The number of aromatic nitrogens is 5. The van der Waals surface area contributed by atoms with Crippen LogP contribution >= 0.6 is 11.3 Å². The molecular formula is C11H12F3N5O2S2. The predicted octanol–water partition coefficient (Wildman–Crippen LogP) is 1.68. The average Bonchev–Trinajstić information content (AvgIpc) is 3.04. The van der Waals surface area contributed by atoms with Crippen molar-refractivity contribution < 1.29 is 21.6 Å². The fourth-order valence-corrected chi connectivity index (χ4v) is 4.84. The van der Waals surface area contributed by atoms with Crippen LogP contribution in [0.3, 0.4) is 0 Å². The highest BCUT2D eigenvalue weighted by Gasteiger charge is 2.39. The van der Waals surface area contributed by atoms with Crippen molar-refractivity contribution in [1.82, 2.24) is 25.2 Å². The van der Waals surface area contributed by atoms with E-state index in [0.29, 0.717) is 10.6 Å². The van der Waals surface area contributed by atoms with Crippen LogP contribution in [0.1, 0.15) is 40.2 Å². The standard InChI is InChI=1S/C11H12F3N5O2S2/c1-19-9(11(12,13)14)7(15-18-19)4-23(20,21)5-8-16-17-10(22-8)6-2-3-6/h6H,2-5H2,1H3. The molecule has 0 radical (unpaired) electrons. The Morgan fingerprint density at radius 2 is 1.91 bits per heavy atom. The molecule has 1 saturated carbocycles. The summed E-state index contributed by atoms with van der Waals surface area (Å²) in [6, 6.07) is 0. The van der Waals surface area contributed by atoms with Crippen molar-refractivity contribution in [1.29, 1.82) is 0 Å².